The van der Waals surface area contributed by atoms with Crippen molar-refractivity contribution >= 4 is 19.9 Å². The van der Waals surface area contributed by atoms with Gasteiger partial charge in [-0.25, -0.2) is 21.1 Å². The van der Waals surface area contributed by atoms with Crippen molar-refractivity contribution in [3.8, 4) is 0 Å². The highest BCUT2D eigenvalue weighted by Crippen LogP contribution is 2.22. The van der Waals surface area contributed by atoms with E-state index >= 15 is 0 Å². The summed E-state index contributed by atoms with van der Waals surface area (Å²) in [4.78, 5) is 0. The molecule has 0 atom stereocenters. The van der Waals surface area contributed by atoms with Gasteiger partial charge in [-0.05, 0) is 25.2 Å². The molecule has 5 nitrogen and oxygen atoms in total. The number of unbranched alkanes of at least 4 members (excludes halogenated alkanes) is 1. The minimum atomic E-state index is -3.20. The number of piperidine rings is 1. The molecular formula is C13H27NO4S2. The smallest absolute Gasteiger partial charge is 0.214 e. The van der Waals surface area contributed by atoms with Crippen LogP contribution in [0.3, 0.4) is 0 Å². The molecule has 0 amide bonds. The predicted octanol–water partition coefficient (Wildman–Crippen LogP) is 1.65. The van der Waals surface area contributed by atoms with E-state index in [0.717, 1.165) is 6.42 Å². The maximum Gasteiger partial charge on any atom is 0.214 e. The molecule has 1 rings (SSSR count). The van der Waals surface area contributed by atoms with Gasteiger partial charge in [-0.2, -0.15) is 0 Å². The summed E-state index contributed by atoms with van der Waals surface area (Å²) in [7, 11) is -6.29. The first-order valence-electron chi connectivity index (χ1n) is 7.38. The zero-order chi connectivity index (χ0) is 15.4. The van der Waals surface area contributed by atoms with Gasteiger partial charge in [0, 0.05) is 13.1 Å². The van der Waals surface area contributed by atoms with Crippen LogP contribution in [-0.4, -0.2) is 51.0 Å². The Hall–Kier alpha value is -0.140. The first-order valence-corrected chi connectivity index (χ1v) is 10.7. The number of hydrogen-bond donors (Lipinski definition) is 0. The van der Waals surface area contributed by atoms with E-state index in [2.05, 4.69) is 0 Å². The van der Waals surface area contributed by atoms with E-state index in [0.29, 0.717) is 32.4 Å². The summed E-state index contributed by atoms with van der Waals surface area (Å²) in [5.41, 5.74) is 0. The summed E-state index contributed by atoms with van der Waals surface area (Å²) in [6.45, 7) is 6.42. The van der Waals surface area contributed by atoms with Gasteiger partial charge < -0.3 is 0 Å². The Morgan fingerprint density at radius 1 is 1.10 bits per heavy atom. The van der Waals surface area contributed by atoms with Gasteiger partial charge in [0.25, 0.3) is 0 Å². The van der Waals surface area contributed by atoms with Gasteiger partial charge in [-0.3, -0.25) is 0 Å². The molecule has 0 aromatic carbocycles. The van der Waals surface area contributed by atoms with Gasteiger partial charge in [0.1, 0.15) is 0 Å². The van der Waals surface area contributed by atoms with E-state index in [1.165, 1.54) is 4.31 Å². The second-order valence-corrected chi connectivity index (χ2v) is 10.4. The lowest BCUT2D eigenvalue weighted by Gasteiger charge is -2.31. The second-order valence-electron chi connectivity index (χ2n) is 5.99. The lowest BCUT2D eigenvalue weighted by atomic mass is 10.2. The number of nitrogens with zero attached hydrogens (tertiary/aromatic N) is 1. The Labute approximate surface area is 123 Å². The maximum absolute atomic E-state index is 12.2. The van der Waals surface area contributed by atoms with Crippen molar-refractivity contribution in [1.82, 2.24) is 4.31 Å². The van der Waals surface area contributed by atoms with Gasteiger partial charge in [0.05, 0.1) is 16.8 Å². The Kier molecular flexibility index (Phi) is 6.47. The van der Waals surface area contributed by atoms with Gasteiger partial charge in [0.2, 0.25) is 10.0 Å². The molecule has 0 aromatic heterocycles. The zero-order valence-corrected chi connectivity index (χ0v) is 14.3. The molecule has 0 N–H and O–H groups in total. The monoisotopic (exact) mass is 325 g/mol. The second kappa shape index (κ2) is 7.22. The highest BCUT2D eigenvalue weighted by molar-refractivity contribution is 7.92. The highest BCUT2D eigenvalue weighted by atomic mass is 32.2. The number of sulfone groups is 1. The molecule has 1 heterocycles. The quantitative estimate of drug-likeness (QED) is 0.713. The van der Waals surface area contributed by atoms with Crippen molar-refractivity contribution < 1.29 is 16.8 Å². The van der Waals surface area contributed by atoms with Crippen LogP contribution < -0.4 is 0 Å². The van der Waals surface area contributed by atoms with E-state index in [9.17, 15) is 16.8 Å². The van der Waals surface area contributed by atoms with Crippen molar-refractivity contribution in [2.24, 2.45) is 5.92 Å². The Bertz CT molecular complexity index is 488. The Morgan fingerprint density at radius 3 is 2.10 bits per heavy atom. The fourth-order valence-corrected chi connectivity index (χ4v) is 6.34. The van der Waals surface area contributed by atoms with Crippen molar-refractivity contribution in [3.63, 3.8) is 0 Å². The van der Waals surface area contributed by atoms with E-state index in [1.54, 1.807) is 0 Å². The molecule has 0 saturated carbocycles. The summed E-state index contributed by atoms with van der Waals surface area (Å²) < 4.78 is 49.9. The van der Waals surface area contributed by atoms with Crippen LogP contribution in [0.5, 0.6) is 0 Å². The molecule has 0 radical (unpaired) electrons. The van der Waals surface area contributed by atoms with E-state index < -0.39 is 19.9 Å². The third-order valence-corrected chi connectivity index (χ3v) is 8.20. The Morgan fingerprint density at radius 2 is 1.65 bits per heavy atom. The summed E-state index contributed by atoms with van der Waals surface area (Å²) in [6.07, 6.45) is 2.37. The van der Waals surface area contributed by atoms with E-state index in [1.807, 2.05) is 20.8 Å². The lowest BCUT2D eigenvalue weighted by Crippen LogP contribution is -2.44. The van der Waals surface area contributed by atoms with Crippen LogP contribution in [0, 0.1) is 5.92 Å². The van der Waals surface area contributed by atoms with Crippen LogP contribution >= 0.6 is 0 Å². The fraction of sp³-hybridized carbons (Fsp3) is 1.00. The number of rotatable bonds is 7. The molecule has 0 spiro atoms. The average Bonchev–Trinajstić information content (AvgIpc) is 2.35. The molecule has 0 aromatic rings. The molecule has 1 aliphatic heterocycles. The first-order chi connectivity index (χ1) is 9.19. The molecule has 7 heteroatoms. The van der Waals surface area contributed by atoms with Crippen molar-refractivity contribution in [2.45, 2.75) is 51.7 Å². The van der Waals surface area contributed by atoms with Crippen molar-refractivity contribution in [2.75, 3.05) is 24.6 Å². The third kappa shape index (κ3) is 5.00. The van der Waals surface area contributed by atoms with E-state index in [-0.39, 0.29) is 22.7 Å². The van der Waals surface area contributed by atoms with E-state index in [4.69, 9.17) is 0 Å². The van der Waals surface area contributed by atoms with Crippen LogP contribution in [0.2, 0.25) is 0 Å². The van der Waals surface area contributed by atoms with Gasteiger partial charge >= 0.3 is 0 Å². The summed E-state index contributed by atoms with van der Waals surface area (Å²) in [6, 6.07) is 0. The molecule has 1 fully saturated rings. The highest BCUT2D eigenvalue weighted by Gasteiger charge is 2.33. The molecule has 20 heavy (non-hydrogen) atoms. The molecule has 1 aliphatic rings. The molecule has 0 unspecified atom stereocenters. The fourth-order valence-electron chi connectivity index (χ4n) is 2.53. The normalized spacial score (nSPS) is 19.6. The molecular weight excluding hydrogens is 298 g/mol. The molecule has 0 aliphatic carbocycles. The summed E-state index contributed by atoms with van der Waals surface area (Å²) >= 11 is 0. The van der Waals surface area contributed by atoms with Crippen LogP contribution in [0.1, 0.15) is 46.5 Å². The van der Waals surface area contributed by atoms with Crippen LogP contribution in [-0.2, 0) is 19.9 Å². The third-order valence-electron chi connectivity index (χ3n) is 3.62. The number of sulfonamides is 1. The summed E-state index contributed by atoms with van der Waals surface area (Å²) in [5, 5.41) is -0.373. The minimum Gasteiger partial charge on any atom is -0.229 e. The van der Waals surface area contributed by atoms with Gasteiger partial charge in [-0.1, -0.05) is 27.2 Å². The predicted molar refractivity (Wildman–Crippen MR) is 81.9 cm³/mol. The van der Waals surface area contributed by atoms with Crippen LogP contribution in [0.15, 0.2) is 0 Å². The SMILES string of the molecule is CCCCS(=O)(=O)N1CCC(S(=O)(=O)CC(C)C)CC1. The lowest BCUT2D eigenvalue weighted by molar-refractivity contribution is 0.344. The summed E-state index contributed by atoms with van der Waals surface area (Å²) in [5.74, 6) is 0.485. The van der Waals surface area contributed by atoms with Gasteiger partial charge in [-0.15, -0.1) is 0 Å². The molecule has 1 saturated heterocycles. The standard InChI is InChI=1S/C13H27NO4S2/c1-4-5-10-20(17,18)14-8-6-13(7-9-14)19(15,16)11-12(2)3/h12-13H,4-11H2,1-3H3. The zero-order valence-electron chi connectivity index (χ0n) is 12.7. The molecule has 0 bridgehead atoms. The topological polar surface area (TPSA) is 71.5 Å². The minimum absolute atomic E-state index is 0.117. The van der Waals surface area contributed by atoms with Crippen molar-refractivity contribution in [1.29, 1.82) is 0 Å². The average molecular weight is 325 g/mol. The first kappa shape index (κ1) is 17.9. The van der Waals surface area contributed by atoms with Crippen LogP contribution in [0.4, 0.5) is 0 Å². The largest absolute Gasteiger partial charge is 0.229 e. The Balaban J connectivity index is 2.60. The number of hydrogen-bond acceptors (Lipinski definition) is 4. The molecule has 120 valence electrons. The van der Waals surface area contributed by atoms with Gasteiger partial charge in [0.15, 0.2) is 9.84 Å². The maximum atomic E-state index is 12.2. The van der Waals surface area contributed by atoms with Crippen molar-refractivity contribution in [3.05, 3.63) is 0 Å². The van der Waals surface area contributed by atoms with Crippen LogP contribution in [0.25, 0.3) is 0 Å².